The average molecular weight is 282 g/mol. The summed E-state index contributed by atoms with van der Waals surface area (Å²) in [7, 11) is 0. The van der Waals surface area contributed by atoms with Crippen LogP contribution in [0.15, 0.2) is 42.5 Å². The van der Waals surface area contributed by atoms with Crippen LogP contribution in [0.2, 0.25) is 0 Å². The quantitative estimate of drug-likeness (QED) is 0.590. The number of alkyl halides is 3. The van der Waals surface area contributed by atoms with Gasteiger partial charge < -0.3 is 0 Å². The minimum atomic E-state index is -4.71. The fourth-order valence-corrected chi connectivity index (χ4v) is 1.92. The molecule has 0 atom stereocenters. The van der Waals surface area contributed by atoms with E-state index < -0.39 is 28.9 Å². The van der Waals surface area contributed by atoms with Gasteiger partial charge in [0.1, 0.15) is 5.82 Å². The van der Waals surface area contributed by atoms with Gasteiger partial charge >= 0.3 is 6.18 Å². The summed E-state index contributed by atoms with van der Waals surface area (Å²) in [5.74, 6) is -1.72. The van der Waals surface area contributed by atoms with Crippen LogP contribution >= 0.6 is 0 Å². The first kappa shape index (κ1) is 14.2. The van der Waals surface area contributed by atoms with Crippen LogP contribution in [-0.2, 0) is 6.18 Å². The molecule has 0 amide bonds. The third kappa shape index (κ3) is 2.71. The van der Waals surface area contributed by atoms with Crippen molar-refractivity contribution in [2.24, 2.45) is 0 Å². The summed E-state index contributed by atoms with van der Waals surface area (Å²) >= 11 is 0. The summed E-state index contributed by atoms with van der Waals surface area (Å²) in [6, 6.07) is 8.15. The maximum absolute atomic E-state index is 13.2. The van der Waals surface area contributed by atoms with Crippen molar-refractivity contribution in [2.75, 3.05) is 0 Å². The number of hydrogen-bond acceptors (Lipinski definition) is 1. The normalized spacial score (nSPS) is 11.4. The highest BCUT2D eigenvalue weighted by Crippen LogP contribution is 2.33. The van der Waals surface area contributed by atoms with E-state index in [-0.39, 0.29) is 5.56 Å². The Morgan fingerprint density at radius 2 is 1.65 bits per heavy atom. The Balaban J connectivity index is 2.61. The van der Waals surface area contributed by atoms with Crippen LogP contribution in [0.4, 0.5) is 17.6 Å². The monoisotopic (exact) mass is 282 g/mol. The molecule has 0 fully saturated rings. The predicted octanol–water partition coefficient (Wildman–Crippen LogP) is 4.38. The lowest BCUT2D eigenvalue weighted by atomic mass is 9.95. The van der Waals surface area contributed by atoms with Crippen LogP contribution in [0.5, 0.6) is 0 Å². The molecule has 0 saturated carbocycles. The van der Waals surface area contributed by atoms with E-state index in [0.717, 1.165) is 0 Å². The standard InChI is InChI=1S/C15H10F4O/c1-9-4-2-3-5-11(9)14(20)12-8-10(16)6-7-13(12)15(17,18)19/h2-8H,1H3. The minimum Gasteiger partial charge on any atom is -0.289 e. The fourth-order valence-electron chi connectivity index (χ4n) is 1.92. The molecule has 2 rings (SSSR count). The van der Waals surface area contributed by atoms with Gasteiger partial charge in [-0.05, 0) is 30.7 Å². The molecule has 0 aliphatic carbocycles. The van der Waals surface area contributed by atoms with Gasteiger partial charge in [-0.1, -0.05) is 24.3 Å². The third-order valence-corrected chi connectivity index (χ3v) is 2.92. The number of hydrogen-bond donors (Lipinski definition) is 0. The number of benzene rings is 2. The molecule has 5 heteroatoms. The molecular formula is C15H10F4O. The van der Waals surface area contributed by atoms with Crippen molar-refractivity contribution in [3.63, 3.8) is 0 Å². The smallest absolute Gasteiger partial charge is 0.289 e. The van der Waals surface area contributed by atoms with E-state index in [2.05, 4.69) is 0 Å². The second kappa shape index (κ2) is 5.07. The highest BCUT2D eigenvalue weighted by molar-refractivity contribution is 6.10. The largest absolute Gasteiger partial charge is 0.417 e. The number of ketones is 1. The van der Waals surface area contributed by atoms with Crippen molar-refractivity contribution in [3.8, 4) is 0 Å². The van der Waals surface area contributed by atoms with Crippen molar-refractivity contribution in [1.29, 1.82) is 0 Å². The molecule has 0 radical (unpaired) electrons. The van der Waals surface area contributed by atoms with E-state index in [9.17, 15) is 22.4 Å². The van der Waals surface area contributed by atoms with Gasteiger partial charge in [0, 0.05) is 11.1 Å². The van der Waals surface area contributed by atoms with Crippen LogP contribution in [-0.4, -0.2) is 5.78 Å². The summed E-state index contributed by atoms with van der Waals surface area (Å²) < 4.78 is 51.8. The second-order valence-electron chi connectivity index (χ2n) is 4.33. The fraction of sp³-hybridized carbons (Fsp3) is 0.133. The Morgan fingerprint density at radius 1 is 1.00 bits per heavy atom. The van der Waals surface area contributed by atoms with Crippen LogP contribution in [0, 0.1) is 12.7 Å². The van der Waals surface area contributed by atoms with Crippen LogP contribution in [0.3, 0.4) is 0 Å². The highest BCUT2D eigenvalue weighted by atomic mass is 19.4. The molecule has 0 aromatic heterocycles. The molecule has 0 saturated heterocycles. The summed E-state index contributed by atoms with van der Waals surface area (Å²) in [4.78, 5) is 12.2. The van der Waals surface area contributed by atoms with E-state index in [1.165, 1.54) is 6.07 Å². The van der Waals surface area contributed by atoms with Gasteiger partial charge in [0.05, 0.1) is 5.56 Å². The highest BCUT2D eigenvalue weighted by Gasteiger charge is 2.35. The number of carbonyl (C=O) groups is 1. The van der Waals surface area contributed by atoms with E-state index in [1.807, 2.05) is 0 Å². The van der Waals surface area contributed by atoms with Gasteiger partial charge in [-0.2, -0.15) is 13.2 Å². The van der Waals surface area contributed by atoms with Gasteiger partial charge in [-0.3, -0.25) is 4.79 Å². The van der Waals surface area contributed by atoms with Crippen molar-refractivity contribution >= 4 is 5.78 Å². The molecule has 2 aromatic carbocycles. The van der Waals surface area contributed by atoms with Gasteiger partial charge in [0.15, 0.2) is 5.78 Å². The molecule has 0 bridgehead atoms. The summed E-state index contributed by atoms with van der Waals surface area (Å²) in [5, 5.41) is 0. The molecule has 0 aliphatic rings. The summed E-state index contributed by atoms with van der Waals surface area (Å²) in [5.41, 5.74) is -1.14. The van der Waals surface area contributed by atoms with Crippen molar-refractivity contribution in [1.82, 2.24) is 0 Å². The number of rotatable bonds is 2. The molecule has 1 nitrogen and oxygen atoms in total. The molecule has 0 unspecified atom stereocenters. The van der Waals surface area contributed by atoms with Gasteiger partial charge in [-0.15, -0.1) is 0 Å². The lowest BCUT2D eigenvalue weighted by Gasteiger charge is -2.13. The average Bonchev–Trinajstić information content (AvgIpc) is 2.37. The first-order valence-electron chi connectivity index (χ1n) is 5.78. The van der Waals surface area contributed by atoms with Gasteiger partial charge in [-0.25, -0.2) is 4.39 Å². The molecule has 0 aliphatic heterocycles. The number of halogens is 4. The Bertz CT molecular complexity index is 659. The Kier molecular flexibility index (Phi) is 3.61. The Morgan fingerprint density at radius 3 is 2.25 bits per heavy atom. The number of carbonyl (C=O) groups excluding carboxylic acids is 1. The third-order valence-electron chi connectivity index (χ3n) is 2.92. The molecule has 0 heterocycles. The van der Waals surface area contributed by atoms with Crippen molar-refractivity contribution < 1.29 is 22.4 Å². The van der Waals surface area contributed by atoms with Crippen LogP contribution in [0.25, 0.3) is 0 Å². The predicted molar refractivity (Wildman–Crippen MR) is 66.0 cm³/mol. The first-order valence-corrected chi connectivity index (χ1v) is 5.78. The Labute approximate surface area is 112 Å². The van der Waals surface area contributed by atoms with Gasteiger partial charge in [0.25, 0.3) is 0 Å². The first-order chi connectivity index (χ1) is 9.30. The van der Waals surface area contributed by atoms with Gasteiger partial charge in [0.2, 0.25) is 0 Å². The molecule has 2 aromatic rings. The zero-order valence-corrected chi connectivity index (χ0v) is 10.5. The zero-order valence-electron chi connectivity index (χ0n) is 10.5. The topological polar surface area (TPSA) is 17.1 Å². The molecule has 104 valence electrons. The molecular weight excluding hydrogens is 272 g/mol. The molecule has 20 heavy (non-hydrogen) atoms. The lowest BCUT2D eigenvalue weighted by molar-refractivity contribution is -0.137. The maximum Gasteiger partial charge on any atom is 0.417 e. The van der Waals surface area contributed by atoms with E-state index >= 15 is 0 Å². The van der Waals surface area contributed by atoms with E-state index in [0.29, 0.717) is 23.8 Å². The number of aryl methyl sites for hydroxylation is 1. The zero-order chi connectivity index (χ0) is 14.9. The molecule has 0 spiro atoms. The lowest BCUT2D eigenvalue weighted by Crippen LogP contribution is -2.15. The second-order valence-corrected chi connectivity index (χ2v) is 4.33. The minimum absolute atomic E-state index is 0.128. The molecule has 0 N–H and O–H groups in total. The van der Waals surface area contributed by atoms with E-state index in [4.69, 9.17) is 0 Å². The van der Waals surface area contributed by atoms with Crippen molar-refractivity contribution in [3.05, 3.63) is 70.5 Å². The summed E-state index contributed by atoms with van der Waals surface area (Å²) in [6.07, 6.45) is -4.71. The van der Waals surface area contributed by atoms with E-state index in [1.54, 1.807) is 25.1 Å². The van der Waals surface area contributed by atoms with Crippen molar-refractivity contribution in [2.45, 2.75) is 13.1 Å². The van der Waals surface area contributed by atoms with Crippen LogP contribution in [0.1, 0.15) is 27.0 Å². The maximum atomic E-state index is 13.2. The Hall–Kier alpha value is -2.17. The van der Waals surface area contributed by atoms with Crippen LogP contribution < -0.4 is 0 Å². The SMILES string of the molecule is Cc1ccccc1C(=O)c1cc(F)ccc1C(F)(F)F. The summed E-state index contributed by atoms with van der Waals surface area (Å²) in [6.45, 7) is 1.61.